The van der Waals surface area contributed by atoms with Gasteiger partial charge in [-0.15, -0.1) is 0 Å². The lowest BCUT2D eigenvalue weighted by atomic mass is 9.98. The van der Waals surface area contributed by atoms with Crippen molar-refractivity contribution in [2.45, 2.75) is 77.5 Å². The predicted octanol–water partition coefficient (Wildman–Crippen LogP) is 1.01. The second-order valence-electron chi connectivity index (χ2n) is 9.60. The third-order valence-corrected chi connectivity index (χ3v) is 6.62. The van der Waals surface area contributed by atoms with Crippen LogP contribution in [0.5, 0.6) is 5.75 Å². The molecule has 0 aromatic heterocycles. The van der Waals surface area contributed by atoms with Crippen molar-refractivity contribution in [2.75, 3.05) is 6.54 Å². The molecule has 10 nitrogen and oxygen atoms in total. The maximum Gasteiger partial charge on any atom is 0.326 e. The molecule has 1 aliphatic rings. The summed E-state index contributed by atoms with van der Waals surface area (Å²) in [5.74, 6) is -2.86. The Morgan fingerprint density at radius 1 is 1.11 bits per heavy atom. The molecule has 5 unspecified atom stereocenters. The van der Waals surface area contributed by atoms with Gasteiger partial charge < -0.3 is 31.5 Å². The molecular weight excluding hydrogens is 452 g/mol. The molecule has 1 aromatic rings. The Labute approximate surface area is 206 Å². The Hall–Kier alpha value is -3.14. The number of nitrogens with zero attached hydrogens (tertiary/aromatic N) is 1. The number of carboxylic acids is 1. The molecule has 3 amide bonds. The number of aromatic hydroxyl groups is 1. The fourth-order valence-corrected chi connectivity index (χ4v) is 4.11. The largest absolute Gasteiger partial charge is 0.508 e. The standard InChI is InChI=1S/C25H38N4O6/c1-5-15(4)20(26)24(33)29-12-6-7-19(29)22(31)28-21(14(2)3)23(32)27-18(25(34)35)13-16-8-10-17(30)11-9-16/h8-11,14-15,18-21,30H,5-7,12-13,26H2,1-4H3,(H,27,32)(H,28,31)(H,34,35). The van der Waals surface area contributed by atoms with Crippen LogP contribution >= 0.6 is 0 Å². The van der Waals surface area contributed by atoms with Crippen LogP contribution in [-0.2, 0) is 25.6 Å². The van der Waals surface area contributed by atoms with Crippen LogP contribution in [0.2, 0.25) is 0 Å². The van der Waals surface area contributed by atoms with E-state index in [2.05, 4.69) is 10.6 Å². The van der Waals surface area contributed by atoms with Crippen molar-refractivity contribution in [3.8, 4) is 5.75 Å². The molecule has 1 heterocycles. The first-order chi connectivity index (χ1) is 16.5. The van der Waals surface area contributed by atoms with E-state index < -0.39 is 42.0 Å². The Bertz CT molecular complexity index is 904. The zero-order valence-corrected chi connectivity index (χ0v) is 20.9. The van der Waals surface area contributed by atoms with Gasteiger partial charge in [0.2, 0.25) is 17.7 Å². The number of amides is 3. The minimum Gasteiger partial charge on any atom is -0.508 e. The van der Waals surface area contributed by atoms with Crippen LogP contribution in [0.25, 0.3) is 0 Å². The lowest BCUT2D eigenvalue weighted by Crippen LogP contribution is -2.58. The Morgan fingerprint density at radius 2 is 1.74 bits per heavy atom. The number of carbonyl (C=O) groups excluding carboxylic acids is 3. The SMILES string of the molecule is CCC(C)C(N)C(=O)N1CCCC1C(=O)NC(C(=O)NC(Cc1ccc(O)cc1)C(=O)O)C(C)C. The Balaban J connectivity index is 2.09. The molecule has 35 heavy (non-hydrogen) atoms. The summed E-state index contributed by atoms with van der Waals surface area (Å²) in [5, 5.41) is 24.3. The van der Waals surface area contributed by atoms with Crippen LogP contribution in [-0.4, -0.2) is 69.5 Å². The predicted molar refractivity (Wildman–Crippen MR) is 130 cm³/mol. The number of hydrogen-bond donors (Lipinski definition) is 5. The van der Waals surface area contributed by atoms with Crippen LogP contribution in [0.3, 0.4) is 0 Å². The Kier molecular flexibility index (Phi) is 10.1. The number of aliphatic carboxylic acids is 1. The second-order valence-corrected chi connectivity index (χ2v) is 9.60. The van der Waals surface area contributed by atoms with Crippen molar-refractivity contribution in [3.63, 3.8) is 0 Å². The van der Waals surface area contributed by atoms with Gasteiger partial charge in [-0.2, -0.15) is 0 Å². The molecular formula is C25H38N4O6. The van der Waals surface area contributed by atoms with E-state index in [0.717, 1.165) is 6.42 Å². The maximum absolute atomic E-state index is 13.1. The summed E-state index contributed by atoms with van der Waals surface area (Å²) in [5.41, 5.74) is 6.73. The first-order valence-corrected chi connectivity index (χ1v) is 12.1. The summed E-state index contributed by atoms with van der Waals surface area (Å²) in [6.07, 6.45) is 1.87. The number of hydrogen-bond acceptors (Lipinski definition) is 6. The molecule has 5 atom stereocenters. The third-order valence-electron chi connectivity index (χ3n) is 6.62. The molecule has 1 aliphatic heterocycles. The van der Waals surface area contributed by atoms with E-state index >= 15 is 0 Å². The summed E-state index contributed by atoms with van der Waals surface area (Å²) in [7, 11) is 0. The average molecular weight is 491 g/mol. The van der Waals surface area contributed by atoms with E-state index in [4.69, 9.17) is 5.73 Å². The summed E-state index contributed by atoms with van der Waals surface area (Å²) < 4.78 is 0. The van der Waals surface area contributed by atoms with Crippen LogP contribution in [0, 0.1) is 11.8 Å². The number of benzene rings is 1. The van der Waals surface area contributed by atoms with Crippen LogP contribution < -0.4 is 16.4 Å². The molecule has 10 heteroatoms. The molecule has 0 bridgehead atoms. The van der Waals surface area contributed by atoms with E-state index in [0.29, 0.717) is 24.9 Å². The zero-order chi connectivity index (χ0) is 26.3. The van der Waals surface area contributed by atoms with Crippen LogP contribution in [0.1, 0.15) is 52.5 Å². The third kappa shape index (κ3) is 7.42. The number of nitrogens with one attached hydrogen (secondary N) is 2. The fourth-order valence-electron chi connectivity index (χ4n) is 4.11. The minimum atomic E-state index is -1.22. The first kappa shape index (κ1) is 28.1. The summed E-state index contributed by atoms with van der Waals surface area (Å²) >= 11 is 0. The van der Waals surface area contributed by atoms with Gasteiger partial charge in [-0.05, 0) is 42.4 Å². The topological polar surface area (TPSA) is 162 Å². The number of nitrogens with two attached hydrogens (primary N) is 1. The summed E-state index contributed by atoms with van der Waals surface area (Å²) in [6, 6.07) is 2.41. The number of carboxylic acid groups (broad SMARTS) is 1. The lowest BCUT2D eigenvalue weighted by molar-refractivity contribution is -0.143. The number of phenols is 1. The van der Waals surface area contributed by atoms with E-state index in [-0.39, 0.29) is 29.9 Å². The van der Waals surface area contributed by atoms with Gasteiger partial charge in [0, 0.05) is 13.0 Å². The monoisotopic (exact) mass is 490 g/mol. The fraction of sp³-hybridized carbons (Fsp3) is 0.600. The number of likely N-dealkylation sites (tertiary alicyclic amines) is 1. The van der Waals surface area contributed by atoms with Gasteiger partial charge >= 0.3 is 5.97 Å². The molecule has 6 N–H and O–H groups in total. The average Bonchev–Trinajstić information content (AvgIpc) is 3.31. The molecule has 0 spiro atoms. The van der Waals surface area contributed by atoms with Gasteiger partial charge in [0.25, 0.3) is 0 Å². The quantitative estimate of drug-likeness (QED) is 0.309. The summed E-state index contributed by atoms with van der Waals surface area (Å²) in [4.78, 5) is 52.3. The van der Waals surface area contributed by atoms with Gasteiger partial charge in [-0.3, -0.25) is 14.4 Å². The molecule has 0 aliphatic carbocycles. The van der Waals surface area contributed by atoms with Gasteiger partial charge in [0.15, 0.2) is 0 Å². The molecule has 1 aromatic carbocycles. The maximum atomic E-state index is 13.1. The van der Waals surface area contributed by atoms with E-state index in [9.17, 15) is 29.4 Å². The highest BCUT2D eigenvalue weighted by Gasteiger charge is 2.39. The molecule has 0 radical (unpaired) electrons. The normalized spacial score (nSPS) is 19.0. The van der Waals surface area contributed by atoms with Crippen LogP contribution in [0.15, 0.2) is 24.3 Å². The highest BCUT2D eigenvalue weighted by molar-refractivity contribution is 5.94. The highest BCUT2D eigenvalue weighted by atomic mass is 16.4. The number of carbonyl (C=O) groups is 4. The number of phenolic OH excluding ortho intramolecular Hbond substituents is 1. The van der Waals surface area contributed by atoms with Crippen molar-refractivity contribution >= 4 is 23.7 Å². The molecule has 1 saturated heterocycles. The van der Waals surface area contributed by atoms with E-state index in [1.54, 1.807) is 26.0 Å². The van der Waals surface area contributed by atoms with Gasteiger partial charge in [-0.25, -0.2) is 4.79 Å². The van der Waals surface area contributed by atoms with Crippen molar-refractivity contribution in [1.29, 1.82) is 0 Å². The van der Waals surface area contributed by atoms with Crippen molar-refractivity contribution in [2.24, 2.45) is 17.6 Å². The molecule has 194 valence electrons. The van der Waals surface area contributed by atoms with Gasteiger partial charge in [-0.1, -0.05) is 46.2 Å². The zero-order valence-electron chi connectivity index (χ0n) is 20.9. The van der Waals surface area contributed by atoms with Crippen molar-refractivity contribution in [3.05, 3.63) is 29.8 Å². The lowest BCUT2D eigenvalue weighted by Gasteiger charge is -2.31. The van der Waals surface area contributed by atoms with Gasteiger partial charge in [0.1, 0.15) is 23.9 Å². The molecule has 0 saturated carbocycles. The van der Waals surface area contributed by atoms with Crippen molar-refractivity contribution < 1.29 is 29.4 Å². The van der Waals surface area contributed by atoms with Gasteiger partial charge in [0.05, 0.1) is 6.04 Å². The van der Waals surface area contributed by atoms with E-state index in [1.807, 2.05) is 13.8 Å². The van der Waals surface area contributed by atoms with Crippen LogP contribution in [0.4, 0.5) is 0 Å². The highest BCUT2D eigenvalue weighted by Crippen LogP contribution is 2.21. The minimum absolute atomic E-state index is 0.0124. The second kappa shape index (κ2) is 12.5. The van der Waals surface area contributed by atoms with Crippen molar-refractivity contribution in [1.82, 2.24) is 15.5 Å². The van der Waals surface area contributed by atoms with E-state index in [1.165, 1.54) is 17.0 Å². The first-order valence-electron chi connectivity index (χ1n) is 12.1. The Morgan fingerprint density at radius 3 is 2.29 bits per heavy atom. The molecule has 2 rings (SSSR count). The smallest absolute Gasteiger partial charge is 0.326 e. The number of rotatable bonds is 11. The summed E-state index contributed by atoms with van der Waals surface area (Å²) in [6.45, 7) is 7.76. The molecule has 1 fully saturated rings.